The van der Waals surface area contributed by atoms with Crippen molar-refractivity contribution in [3.05, 3.63) is 218 Å². The van der Waals surface area contributed by atoms with Crippen LogP contribution in [0.1, 0.15) is 0 Å². The summed E-state index contributed by atoms with van der Waals surface area (Å²) in [6.45, 7) is 0. The molecule has 3 aromatic heterocycles. The third-order valence-electron chi connectivity index (χ3n) is 14.3. The molecule has 0 atom stereocenters. The molecule has 15 rings (SSSR count). The van der Waals surface area contributed by atoms with Crippen molar-refractivity contribution < 1.29 is 4.42 Å². The van der Waals surface area contributed by atoms with Gasteiger partial charge in [-0.15, -0.1) is 22.7 Å². The van der Waals surface area contributed by atoms with E-state index in [1.807, 2.05) is 22.7 Å². The maximum absolute atomic E-state index is 6.67. The van der Waals surface area contributed by atoms with Gasteiger partial charge in [0.1, 0.15) is 11.2 Å². The minimum atomic E-state index is 0.888. The molecule has 0 aliphatic rings. The Labute approximate surface area is 393 Å². The predicted octanol–water partition coefficient (Wildman–Crippen LogP) is 19.6. The standard InChI is InChI=1S/C64H36OS2/c1-5-21-45-41(17-1)59(42-18-2-6-22-46(42)61(45)51-27-13-25-49-39-15-9-11-29-57(39)66-63(49)51)37-31-33-55-53(35-37)54-36-38(32-34-56(54)65-55)60-43-19-3-7-23-47(43)62(48-24-8-4-20-44(48)60)52-28-14-26-50-40-16-10-12-30-58(40)67-64(50)52/h1-36H. The first kappa shape index (κ1) is 37.2. The van der Waals surface area contributed by atoms with Crippen LogP contribution in [0.15, 0.2) is 223 Å². The molecule has 0 aliphatic heterocycles. The predicted molar refractivity (Wildman–Crippen MR) is 291 cm³/mol. The lowest BCUT2D eigenvalue weighted by Crippen LogP contribution is -1.91. The summed E-state index contributed by atoms with van der Waals surface area (Å²) >= 11 is 3.79. The summed E-state index contributed by atoms with van der Waals surface area (Å²) in [7, 11) is 0. The van der Waals surface area contributed by atoms with Gasteiger partial charge >= 0.3 is 0 Å². The first-order chi connectivity index (χ1) is 33.2. The Morgan fingerprint density at radius 2 is 0.552 bits per heavy atom. The van der Waals surface area contributed by atoms with Crippen LogP contribution in [-0.2, 0) is 0 Å². The average molecular weight is 885 g/mol. The summed E-state index contributed by atoms with van der Waals surface area (Å²) < 4.78 is 12.0. The highest BCUT2D eigenvalue weighted by Gasteiger charge is 2.23. The molecule has 0 spiro atoms. The van der Waals surface area contributed by atoms with Gasteiger partial charge in [0.25, 0.3) is 0 Å². The van der Waals surface area contributed by atoms with Crippen molar-refractivity contribution >= 4 is 128 Å². The molecule has 3 heterocycles. The van der Waals surface area contributed by atoms with E-state index in [-0.39, 0.29) is 0 Å². The van der Waals surface area contributed by atoms with Crippen LogP contribution < -0.4 is 0 Å². The third-order valence-corrected chi connectivity index (χ3v) is 16.7. The fourth-order valence-corrected chi connectivity index (χ4v) is 13.9. The van der Waals surface area contributed by atoms with E-state index in [1.165, 1.54) is 128 Å². The molecule has 0 N–H and O–H groups in total. The van der Waals surface area contributed by atoms with Crippen molar-refractivity contribution in [1.29, 1.82) is 0 Å². The van der Waals surface area contributed by atoms with Crippen molar-refractivity contribution in [2.24, 2.45) is 0 Å². The molecule has 3 heteroatoms. The first-order valence-corrected chi connectivity index (χ1v) is 24.5. The normalized spacial score (nSPS) is 12.2. The van der Waals surface area contributed by atoms with E-state index in [0.717, 1.165) is 21.9 Å². The molecule has 67 heavy (non-hydrogen) atoms. The zero-order valence-corrected chi connectivity index (χ0v) is 37.6. The third kappa shape index (κ3) is 5.35. The van der Waals surface area contributed by atoms with Gasteiger partial charge in [-0.1, -0.05) is 182 Å². The van der Waals surface area contributed by atoms with Gasteiger partial charge in [0, 0.05) is 62.2 Å². The van der Waals surface area contributed by atoms with Crippen LogP contribution in [0, 0.1) is 0 Å². The second-order valence-corrected chi connectivity index (χ2v) is 19.9. The number of rotatable bonds is 4. The summed E-state index contributed by atoms with van der Waals surface area (Å²) in [6.07, 6.45) is 0. The molecule has 15 aromatic rings. The van der Waals surface area contributed by atoms with Crippen LogP contribution in [0.2, 0.25) is 0 Å². The van der Waals surface area contributed by atoms with Gasteiger partial charge in [0.2, 0.25) is 0 Å². The zero-order valence-electron chi connectivity index (χ0n) is 36.0. The van der Waals surface area contributed by atoms with Crippen LogP contribution in [0.5, 0.6) is 0 Å². The molecular weight excluding hydrogens is 849 g/mol. The summed E-state index contributed by atoms with van der Waals surface area (Å²) in [4.78, 5) is 0. The number of hydrogen-bond donors (Lipinski definition) is 0. The summed E-state index contributed by atoms with van der Waals surface area (Å²) in [5.41, 5.74) is 11.8. The van der Waals surface area contributed by atoms with E-state index in [2.05, 4.69) is 218 Å². The molecule has 0 amide bonds. The smallest absolute Gasteiger partial charge is 0.135 e. The number of fused-ring (bicyclic) bond motifs is 13. The Bertz CT molecular complexity index is 4170. The zero-order chi connectivity index (χ0) is 43.7. The maximum Gasteiger partial charge on any atom is 0.135 e. The highest BCUT2D eigenvalue weighted by atomic mass is 32.1. The SMILES string of the molecule is c1ccc2c(c1)sc1c(-c3c4ccccc4c(-c4ccc5oc6ccc(-c7c8ccccc8c(-c8cccc9c8sc8ccccc89)c8ccccc78)cc6c5c4)c4ccccc34)cccc12. The lowest BCUT2D eigenvalue weighted by molar-refractivity contribution is 0.669. The van der Waals surface area contributed by atoms with E-state index in [4.69, 9.17) is 4.42 Å². The summed E-state index contributed by atoms with van der Waals surface area (Å²) in [5, 5.41) is 17.5. The molecule has 1 nitrogen and oxygen atoms in total. The Balaban J connectivity index is 0.949. The molecule has 0 saturated carbocycles. The molecule has 0 bridgehead atoms. The summed E-state index contributed by atoms with van der Waals surface area (Å²) in [6, 6.07) is 80.8. The monoisotopic (exact) mass is 884 g/mol. The Morgan fingerprint density at radius 1 is 0.239 bits per heavy atom. The topological polar surface area (TPSA) is 13.1 Å². The largest absolute Gasteiger partial charge is 0.456 e. The Hall–Kier alpha value is -8.08. The molecule has 0 aliphatic carbocycles. The van der Waals surface area contributed by atoms with E-state index in [9.17, 15) is 0 Å². The Kier molecular flexibility index (Phi) is 7.88. The molecule has 12 aromatic carbocycles. The first-order valence-electron chi connectivity index (χ1n) is 22.9. The van der Waals surface area contributed by atoms with Gasteiger partial charge in [-0.3, -0.25) is 0 Å². The molecule has 0 fully saturated rings. The number of hydrogen-bond acceptors (Lipinski definition) is 3. The molecule has 0 radical (unpaired) electrons. The lowest BCUT2D eigenvalue weighted by Gasteiger charge is -2.18. The highest BCUT2D eigenvalue weighted by molar-refractivity contribution is 7.26. The minimum Gasteiger partial charge on any atom is -0.456 e. The van der Waals surface area contributed by atoms with Crippen LogP contribution >= 0.6 is 22.7 Å². The van der Waals surface area contributed by atoms with Crippen LogP contribution in [-0.4, -0.2) is 0 Å². The van der Waals surface area contributed by atoms with Crippen molar-refractivity contribution in [3.8, 4) is 44.5 Å². The number of thiophene rings is 2. The van der Waals surface area contributed by atoms with Crippen molar-refractivity contribution in [2.45, 2.75) is 0 Å². The van der Waals surface area contributed by atoms with E-state index in [0.29, 0.717) is 0 Å². The van der Waals surface area contributed by atoms with Crippen LogP contribution in [0.25, 0.3) is 150 Å². The second-order valence-electron chi connectivity index (χ2n) is 17.8. The van der Waals surface area contributed by atoms with Gasteiger partial charge in [-0.2, -0.15) is 0 Å². The molecular formula is C64H36OS2. The molecule has 0 unspecified atom stereocenters. The number of benzene rings is 12. The highest BCUT2D eigenvalue weighted by Crippen LogP contribution is 2.51. The minimum absolute atomic E-state index is 0.888. The van der Waals surface area contributed by atoms with Crippen molar-refractivity contribution in [3.63, 3.8) is 0 Å². The fourth-order valence-electron chi connectivity index (χ4n) is 11.4. The van der Waals surface area contributed by atoms with E-state index >= 15 is 0 Å². The van der Waals surface area contributed by atoms with E-state index < -0.39 is 0 Å². The van der Waals surface area contributed by atoms with Gasteiger partial charge < -0.3 is 4.42 Å². The fraction of sp³-hybridized carbons (Fsp3) is 0. The van der Waals surface area contributed by atoms with Gasteiger partial charge in [0.05, 0.1) is 0 Å². The summed E-state index contributed by atoms with van der Waals surface area (Å²) in [5.74, 6) is 0. The Morgan fingerprint density at radius 3 is 0.925 bits per heavy atom. The lowest BCUT2D eigenvalue weighted by atomic mass is 9.85. The van der Waals surface area contributed by atoms with Crippen molar-refractivity contribution in [1.82, 2.24) is 0 Å². The van der Waals surface area contributed by atoms with Crippen LogP contribution in [0.3, 0.4) is 0 Å². The van der Waals surface area contributed by atoms with E-state index in [1.54, 1.807) is 0 Å². The van der Waals surface area contributed by atoms with Gasteiger partial charge in [-0.25, -0.2) is 0 Å². The average Bonchev–Trinajstić information content (AvgIpc) is 4.08. The molecule has 0 saturated heterocycles. The van der Waals surface area contributed by atoms with Gasteiger partial charge in [0.15, 0.2) is 0 Å². The quantitative estimate of drug-likeness (QED) is 0.161. The maximum atomic E-state index is 6.67. The van der Waals surface area contributed by atoms with Crippen molar-refractivity contribution in [2.75, 3.05) is 0 Å². The number of furan rings is 1. The molecule has 310 valence electrons. The van der Waals surface area contributed by atoms with Gasteiger partial charge in [-0.05, 0) is 113 Å². The second kappa shape index (κ2) is 14.2. The van der Waals surface area contributed by atoms with Crippen LogP contribution in [0.4, 0.5) is 0 Å².